The minimum Gasteiger partial charge on any atom is -0.340 e. The Morgan fingerprint density at radius 1 is 2.00 bits per heavy atom. The van der Waals surface area contributed by atoms with Crippen molar-refractivity contribution < 1.29 is 4.74 Å². The molecule has 0 saturated carbocycles. The Hall–Kier alpha value is -0.590. The molecule has 0 amide bonds. The van der Waals surface area contributed by atoms with Gasteiger partial charge in [-0.1, -0.05) is 0 Å². The number of nitrogens with one attached hydrogen (secondary N) is 1. The Labute approximate surface area is 41.9 Å². The van der Waals surface area contributed by atoms with Crippen LogP contribution in [0.1, 0.15) is 0 Å². The van der Waals surface area contributed by atoms with Gasteiger partial charge in [-0.05, 0) is 0 Å². The van der Waals surface area contributed by atoms with E-state index in [9.17, 15) is 0 Å². The first-order valence-electron chi connectivity index (χ1n) is 2.03. The van der Waals surface area contributed by atoms with Gasteiger partial charge >= 0.3 is 0 Å². The molecule has 1 unspecified atom stereocenters. The van der Waals surface area contributed by atoms with Crippen LogP contribution in [0.2, 0.25) is 0 Å². The van der Waals surface area contributed by atoms with E-state index in [1.807, 2.05) is 6.07 Å². The van der Waals surface area contributed by atoms with Crippen LogP contribution in [0.15, 0.2) is 0 Å². The predicted octanol–water partition coefficient (Wildman–Crippen LogP) is -0.382. The number of hydrogen-bond acceptors (Lipinski definition) is 3. The molecule has 1 aliphatic rings. The average Bonchev–Trinajstić information content (AvgIpc) is 2.14. The Morgan fingerprint density at radius 2 is 2.86 bits per heavy atom. The topological polar surface area (TPSA) is 45.0 Å². The normalized spacial score (nSPS) is 29.9. The molecule has 3 heteroatoms. The first-order chi connectivity index (χ1) is 3.43. The predicted molar refractivity (Wildman–Crippen MR) is 22.8 cm³/mol. The number of nitrogens with zero attached hydrogens (tertiary/aromatic N) is 1. The van der Waals surface area contributed by atoms with Crippen molar-refractivity contribution in [3.05, 3.63) is 6.73 Å². The number of rotatable bonds is 0. The summed E-state index contributed by atoms with van der Waals surface area (Å²) in [5.74, 6) is 0. The zero-order valence-corrected chi connectivity index (χ0v) is 3.72. The Bertz CT molecular complexity index is 90.4. The average molecular weight is 97.1 g/mol. The molecule has 0 aromatic carbocycles. The van der Waals surface area contributed by atoms with Crippen LogP contribution in [0.5, 0.6) is 0 Å². The van der Waals surface area contributed by atoms with Gasteiger partial charge in [-0.3, -0.25) is 5.32 Å². The van der Waals surface area contributed by atoms with E-state index in [1.165, 1.54) is 6.73 Å². The fourth-order valence-electron chi connectivity index (χ4n) is 0.410. The molecule has 1 aliphatic heterocycles. The van der Waals surface area contributed by atoms with Crippen LogP contribution >= 0.6 is 0 Å². The highest BCUT2D eigenvalue weighted by molar-refractivity contribution is 4.90. The smallest absolute Gasteiger partial charge is 0.158 e. The summed E-state index contributed by atoms with van der Waals surface area (Å²) in [7, 11) is 0. The SMILES string of the molecule is N#CC1CN[CH]O1. The van der Waals surface area contributed by atoms with Gasteiger partial charge in [0, 0.05) is 6.54 Å². The molecule has 1 N–H and O–H groups in total. The molecular formula is C4H5N2O. The summed E-state index contributed by atoms with van der Waals surface area (Å²) in [6.45, 7) is 2.06. The van der Waals surface area contributed by atoms with Crippen molar-refractivity contribution in [2.24, 2.45) is 0 Å². The molecule has 7 heavy (non-hydrogen) atoms. The van der Waals surface area contributed by atoms with Crippen molar-refractivity contribution in [2.75, 3.05) is 6.54 Å². The maximum absolute atomic E-state index is 8.13. The summed E-state index contributed by atoms with van der Waals surface area (Å²) < 4.78 is 4.70. The van der Waals surface area contributed by atoms with Gasteiger partial charge in [-0.25, -0.2) is 0 Å². The molecule has 0 aromatic rings. The number of ether oxygens (including phenoxy) is 1. The third-order valence-electron chi connectivity index (χ3n) is 0.763. The fraction of sp³-hybridized carbons (Fsp3) is 0.500. The van der Waals surface area contributed by atoms with Crippen LogP contribution in [-0.4, -0.2) is 12.6 Å². The summed E-state index contributed by atoms with van der Waals surface area (Å²) >= 11 is 0. The molecule has 0 spiro atoms. The minimum absolute atomic E-state index is 0.264. The highest BCUT2D eigenvalue weighted by Crippen LogP contribution is 1.96. The summed E-state index contributed by atoms with van der Waals surface area (Å²) in [6.07, 6.45) is -0.264. The second kappa shape index (κ2) is 1.92. The van der Waals surface area contributed by atoms with Crippen molar-refractivity contribution in [1.29, 1.82) is 5.26 Å². The minimum atomic E-state index is -0.264. The Kier molecular flexibility index (Phi) is 1.25. The summed E-state index contributed by atoms with van der Waals surface area (Å²) in [6, 6.07) is 1.95. The zero-order valence-electron chi connectivity index (χ0n) is 3.72. The van der Waals surface area contributed by atoms with E-state index in [2.05, 4.69) is 5.32 Å². The van der Waals surface area contributed by atoms with Crippen molar-refractivity contribution in [2.45, 2.75) is 6.10 Å². The molecule has 3 nitrogen and oxygen atoms in total. The van der Waals surface area contributed by atoms with E-state index >= 15 is 0 Å². The lowest BCUT2D eigenvalue weighted by atomic mass is 10.4. The zero-order chi connectivity index (χ0) is 5.11. The van der Waals surface area contributed by atoms with Gasteiger partial charge in [-0.15, -0.1) is 0 Å². The summed E-state index contributed by atoms with van der Waals surface area (Å²) in [5.41, 5.74) is 0. The van der Waals surface area contributed by atoms with E-state index in [1.54, 1.807) is 0 Å². The van der Waals surface area contributed by atoms with Gasteiger partial charge in [-0.2, -0.15) is 5.26 Å². The van der Waals surface area contributed by atoms with Crippen LogP contribution in [0, 0.1) is 18.1 Å². The lowest BCUT2D eigenvalue weighted by Crippen LogP contribution is -2.10. The van der Waals surface area contributed by atoms with Crippen LogP contribution < -0.4 is 5.32 Å². The molecule has 1 radical (unpaired) electrons. The molecule has 1 rings (SSSR count). The van der Waals surface area contributed by atoms with Crippen molar-refractivity contribution in [1.82, 2.24) is 5.32 Å². The lowest BCUT2D eigenvalue weighted by molar-refractivity contribution is 0.204. The van der Waals surface area contributed by atoms with E-state index in [4.69, 9.17) is 10.00 Å². The summed E-state index contributed by atoms with van der Waals surface area (Å²) in [5, 5.41) is 10.9. The maximum Gasteiger partial charge on any atom is 0.158 e. The Morgan fingerprint density at radius 3 is 3.14 bits per heavy atom. The standard InChI is InChI=1S/C4H5N2O/c5-1-4-2-6-3-7-4/h3-4,6H,2H2. The van der Waals surface area contributed by atoms with E-state index < -0.39 is 0 Å². The van der Waals surface area contributed by atoms with Gasteiger partial charge in [0.2, 0.25) is 0 Å². The molecule has 0 bridgehead atoms. The quantitative estimate of drug-likeness (QED) is 0.448. The number of nitriles is 1. The third-order valence-corrected chi connectivity index (χ3v) is 0.763. The highest BCUT2D eigenvalue weighted by Gasteiger charge is 2.12. The van der Waals surface area contributed by atoms with Crippen LogP contribution in [-0.2, 0) is 4.74 Å². The first kappa shape index (κ1) is 4.57. The first-order valence-corrected chi connectivity index (χ1v) is 2.03. The molecule has 0 aliphatic carbocycles. The molecule has 0 aromatic heterocycles. The van der Waals surface area contributed by atoms with Gasteiger partial charge in [0.15, 0.2) is 6.10 Å². The van der Waals surface area contributed by atoms with Gasteiger partial charge in [0.25, 0.3) is 0 Å². The lowest BCUT2D eigenvalue weighted by Gasteiger charge is -1.88. The van der Waals surface area contributed by atoms with E-state index in [-0.39, 0.29) is 6.10 Å². The fourth-order valence-corrected chi connectivity index (χ4v) is 0.410. The second-order valence-corrected chi connectivity index (χ2v) is 1.28. The molecular weight excluding hydrogens is 92.1 g/mol. The van der Waals surface area contributed by atoms with Gasteiger partial charge < -0.3 is 4.74 Å². The maximum atomic E-state index is 8.13. The largest absolute Gasteiger partial charge is 0.340 e. The number of hydrogen-bond donors (Lipinski definition) is 1. The van der Waals surface area contributed by atoms with Crippen molar-refractivity contribution >= 4 is 0 Å². The van der Waals surface area contributed by atoms with Crippen LogP contribution in [0.4, 0.5) is 0 Å². The van der Waals surface area contributed by atoms with Crippen LogP contribution in [0.3, 0.4) is 0 Å². The third kappa shape index (κ3) is 0.889. The van der Waals surface area contributed by atoms with Gasteiger partial charge in [0.1, 0.15) is 6.73 Å². The molecule has 1 heterocycles. The van der Waals surface area contributed by atoms with Crippen molar-refractivity contribution in [3.63, 3.8) is 0 Å². The summed E-state index contributed by atoms with van der Waals surface area (Å²) in [4.78, 5) is 0. The van der Waals surface area contributed by atoms with E-state index in [0.717, 1.165) is 0 Å². The molecule has 1 atom stereocenters. The van der Waals surface area contributed by atoms with E-state index in [0.29, 0.717) is 6.54 Å². The monoisotopic (exact) mass is 97.0 g/mol. The molecule has 1 saturated heterocycles. The van der Waals surface area contributed by atoms with Crippen molar-refractivity contribution in [3.8, 4) is 6.07 Å². The molecule has 1 fully saturated rings. The second-order valence-electron chi connectivity index (χ2n) is 1.28. The Balaban J connectivity index is 2.31. The highest BCUT2D eigenvalue weighted by atomic mass is 16.5. The van der Waals surface area contributed by atoms with Crippen LogP contribution in [0.25, 0.3) is 0 Å². The molecule has 37 valence electrons. The van der Waals surface area contributed by atoms with Gasteiger partial charge in [0.05, 0.1) is 6.07 Å².